The van der Waals surface area contributed by atoms with Gasteiger partial charge in [0.05, 0.1) is 19.8 Å². The molecule has 0 unspecified atom stereocenters. The molecule has 132 valence electrons. The number of hydrogen-bond donors (Lipinski definition) is 0. The molecule has 0 saturated carbocycles. The molecule has 1 heterocycles. The third-order valence-corrected chi connectivity index (χ3v) is 5.46. The Kier molecular flexibility index (Phi) is 5.38. The first-order valence-corrected chi connectivity index (χ1v) is 8.98. The summed E-state index contributed by atoms with van der Waals surface area (Å²) in [4.78, 5) is 26.5. The molecule has 0 saturated heterocycles. The molecule has 0 fully saturated rings. The Labute approximate surface area is 150 Å². The van der Waals surface area contributed by atoms with Crippen LogP contribution in [-0.2, 0) is 17.6 Å². The number of ketones is 1. The molecular weight excluding hydrogens is 340 g/mol. The minimum atomic E-state index is -0.449. The Morgan fingerprint density at radius 2 is 1.88 bits per heavy atom. The first kappa shape index (κ1) is 17.5. The van der Waals surface area contributed by atoms with Crippen LogP contribution >= 0.6 is 11.3 Å². The van der Waals surface area contributed by atoms with Crippen molar-refractivity contribution in [3.05, 3.63) is 45.1 Å². The van der Waals surface area contributed by atoms with Crippen LogP contribution in [0.15, 0.2) is 24.3 Å². The van der Waals surface area contributed by atoms with Crippen molar-refractivity contribution in [1.29, 1.82) is 0 Å². The van der Waals surface area contributed by atoms with Crippen LogP contribution in [0.4, 0.5) is 0 Å². The van der Waals surface area contributed by atoms with E-state index in [4.69, 9.17) is 14.2 Å². The van der Waals surface area contributed by atoms with Gasteiger partial charge in [-0.3, -0.25) is 4.79 Å². The molecular formula is C19H20O5S. The van der Waals surface area contributed by atoms with Crippen molar-refractivity contribution in [3.8, 4) is 11.5 Å². The summed E-state index contributed by atoms with van der Waals surface area (Å²) in [5.74, 6) is 0.190. The van der Waals surface area contributed by atoms with Gasteiger partial charge in [0.2, 0.25) is 5.78 Å². The maximum absolute atomic E-state index is 12.4. The van der Waals surface area contributed by atoms with Gasteiger partial charge in [0.15, 0.2) is 6.61 Å². The Bertz CT molecular complexity index is 770. The number of Topliss-reactive ketones (excluding diaryl/α,β-unsaturated/α-hetero) is 1. The molecule has 6 heteroatoms. The number of carbonyl (C=O) groups excluding carboxylic acids is 2. The number of fused-ring (bicyclic) bond motifs is 1. The molecule has 1 aromatic carbocycles. The fourth-order valence-electron chi connectivity index (χ4n) is 2.90. The van der Waals surface area contributed by atoms with Crippen LogP contribution in [0.25, 0.3) is 0 Å². The molecule has 5 nitrogen and oxygen atoms in total. The van der Waals surface area contributed by atoms with Gasteiger partial charge in [-0.05, 0) is 55.5 Å². The molecule has 1 aromatic heterocycles. The van der Waals surface area contributed by atoms with Crippen LogP contribution < -0.4 is 9.47 Å². The third-order valence-electron chi connectivity index (χ3n) is 4.24. The van der Waals surface area contributed by atoms with E-state index in [1.807, 2.05) is 6.07 Å². The molecule has 0 N–H and O–H groups in total. The van der Waals surface area contributed by atoms with Crippen LogP contribution in [-0.4, -0.2) is 32.6 Å². The minimum Gasteiger partial charge on any atom is -0.497 e. The van der Waals surface area contributed by atoms with E-state index in [0.29, 0.717) is 21.9 Å². The monoisotopic (exact) mass is 360 g/mol. The molecule has 0 amide bonds. The summed E-state index contributed by atoms with van der Waals surface area (Å²) < 4.78 is 15.6. The molecule has 0 aliphatic heterocycles. The molecule has 0 bridgehead atoms. The van der Waals surface area contributed by atoms with Crippen LogP contribution in [0.3, 0.4) is 0 Å². The van der Waals surface area contributed by atoms with E-state index < -0.39 is 5.97 Å². The van der Waals surface area contributed by atoms with Crippen molar-refractivity contribution >= 4 is 23.1 Å². The lowest BCUT2D eigenvalue weighted by atomic mass is 9.99. The van der Waals surface area contributed by atoms with Gasteiger partial charge in [-0.2, -0.15) is 0 Å². The lowest BCUT2D eigenvalue weighted by Crippen LogP contribution is -2.14. The predicted molar refractivity (Wildman–Crippen MR) is 95.1 cm³/mol. The summed E-state index contributed by atoms with van der Waals surface area (Å²) >= 11 is 1.47. The van der Waals surface area contributed by atoms with Gasteiger partial charge in [-0.1, -0.05) is 0 Å². The number of methoxy groups -OCH3 is 2. The maximum Gasteiger partial charge on any atom is 0.348 e. The minimum absolute atomic E-state index is 0.328. The normalized spacial score (nSPS) is 13.0. The van der Waals surface area contributed by atoms with E-state index >= 15 is 0 Å². The average Bonchev–Trinajstić information content (AvgIpc) is 3.09. The maximum atomic E-state index is 12.4. The number of thiophene rings is 1. The summed E-state index contributed by atoms with van der Waals surface area (Å²) in [5, 5.41) is 0. The van der Waals surface area contributed by atoms with Crippen LogP contribution in [0, 0.1) is 0 Å². The molecule has 25 heavy (non-hydrogen) atoms. The lowest BCUT2D eigenvalue weighted by molar-refractivity contribution is 0.0478. The van der Waals surface area contributed by atoms with E-state index in [0.717, 1.165) is 25.7 Å². The highest BCUT2D eigenvalue weighted by Crippen LogP contribution is 2.30. The fraction of sp³-hybridized carbons (Fsp3) is 0.368. The molecule has 3 rings (SSSR count). The lowest BCUT2D eigenvalue weighted by Gasteiger charge is -2.09. The molecule has 0 spiro atoms. The predicted octanol–water partition coefficient (Wildman–Crippen LogP) is 3.68. The van der Waals surface area contributed by atoms with Crippen LogP contribution in [0.2, 0.25) is 0 Å². The average molecular weight is 360 g/mol. The van der Waals surface area contributed by atoms with Crippen LogP contribution in [0.5, 0.6) is 11.5 Å². The highest BCUT2D eigenvalue weighted by Gasteiger charge is 2.20. The molecule has 1 aliphatic carbocycles. The topological polar surface area (TPSA) is 61.8 Å². The summed E-state index contributed by atoms with van der Waals surface area (Å²) in [6.07, 6.45) is 4.36. The highest BCUT2D eigenvalue weighted by molar-refractivity contribution is 7.14. The zero-order valence-electron chi connectivity index (χ0n) is 14.3. The fourth-order valence-corrected chi connectivity index (χ4v) is 4.05. The summed E-state index contributed by atoms with van der Waals surface area (Å²) in [6, 6.07) is 6.84. The van der Waals surface area contributed by atoms with Gasteiger partial charge < -0.3 is 14.2 Å². The number of carbonyl (C=O) groups is 2. The van der Waals surface area contributed by atoms with Gasteiger partial charge in [0.25, 0.3) is 0 Å². The Morgan fingerprint density at radius 3 is 2.60 bits per heavy atom. The van der Waals surface area contributed by atoms with Crippen molar-refractivity contribution in [2.45, 2.75) is 25.7 Å². The first-order valence-electron chi connectivity index (χ1n) is 8.16. The first-order chi connectivity index (χ1) is 12.1. The number of benzene rings is 1. The summed E-state index contributed by atoms with van der Waals surface area (Å²) in [5.41, 5.74) is 1.57. The van der Waals surface area contributed by atoms with Gasteiger partial charge in [0, 0.05) is 4.88 Å². The number of esters is 1. The van der Waals surface area contributed by atoms with E-state index in [-0.39, 0.29) is 12.4 Å². The molecule has 2 aromatic rings. The molecule has 0 radical (unpaired) electrons. The van der Waals surface area contributed by atoms with Gasteiger partial charge in [-0.15, -0.1) is 11.3 Å². The number of hydrogen-bond acceptors (Lipinski definition) is 6. The zero-order valence-corrected chi connectivity index (χ0v) is 15.1. The van der Waals surface area contributed by atoms with E-state index in [1.165, 1.54) is 36.0 Å². The van der Waals surface area contributed by atoms with Crippen molar-refractivity contribution in [3.63, 3.8) is 0 Å². The van der Waals surface area contributed by atoms with E-state index in [9.17, 15) is 9.59 Å². The number of rotatable bonds is 6. The molecule has 1 aliphatic rings. The second-order valence-corrected chi connectivity index (χ2v) is 6.97. The third kappa shape index (κ3) is 3.85. The number of aryl methyl sites for hydroxylation is 2. The van der Waals surface area contributed by atoms with E-state index in [1.54, 1.807) is 18.2 Å². The van der Waals surface area contributed by atoms with Crippen molar-refractivity contribution in [2.75, 3.05) is 20.8 Å². The second kappa shape index (κ2) is 7.70. The Morgan fingerprint density at radius 1 is 1.08 bits per heavy atom. The van der Waals surface area contributed by atoms with Gasteiger partial charge in [-0.25, -0.2) is 4.79 Å². The quantitative estimate of drug-likeness (QED) is 0.581. The second-order valence-electron chi connectivity index (χ2n) is 5.83. The summed E-state index contributed by atoms with van der Waals surface area (Å²) in [6.45, 7) is -0.328. The molecule has 0 atom stereocenters. The standard InChI is InChI=1S/C19H20O5S/c1-22-13-7-8-16(23-2)14(10-13)15(20)11-24-19(21)18-9-12-5-3-4-6-17(12)25-18/h7-10H,3-6,11H2,1-2H3. The van der Waals surface area contributed by atoms with Gasteiger partial charge >= 0.3 is 5.97 Å². The Hall–Kier alpha value is -2.34. The van der Waals surface area contributed by atoms with Crippen molar-refractivity contribution in [2.24, 2.45) is 0 Å². The highest BCUT2D eigenvalue weighted by atomic mass is 32.1. The Balaban J connectivity index is 1.67. The smallest absolute Gasteiger partial charge is 0.348 e. The zero-order chi connectivity index (χ0) is 17.8. The number of ether oxygens (including phenoxy) is 3. The SMILES string of the molecule is COc1ccc(OC)c(C(=O)COC(=O)c2cc3c(s2)CCCC3)c1. The van der Waals surface area contributed by atoms with Crippen molar-refractivity contribution < 1.29 is 23.8 Å². The van der Waals surface area contributed by atoms with Crippen LogP contribution in [0.1, 0.15) is 43.3 Å². The largest absolute Gasteiger partial charge is 0.497 e. The van der Waals surface area contributed by atoms with Crippen molar-refractivity contribution in [1.82, 2.24) is 0 Å². The summed E-state index contributed by atoms with van der Waals surface area (Å²) in [7, 11) is 3.01. The van der Waals surface area contributed by atoms with Gasteiger partial charge in [0.1, 0.15) is 16.4 Å². The van der Waals surface area contributed by atoms with E-state index in [2.05, 4.69) is 0 Å².